The number of rotatable bonds is 5. The van der Waals surface area contributed by atoms with Crippen LogP contribution >= 0.6 is 27.7 Å². The number of halogens is 2. The first-order chi connectivity index (χ1) is 7.72. The first-order valence-electron chi connectivity index (χ1n) is 5.73. The Labute approximate surface area is 109 Å². The van der Waals surface area contributed by atoms with Gasteiger partial charge in [-0.1, -0.05) is 25.3 Å². The van der Waals surface area contributed by atoms with Gasteiger partial charge in [-0.2, -0.15) is 0 Å². The van der Waals surface area contributed by atoms with Gasteiger partial charge in [0.15, 0.2) is 0 Å². The van der Waals surface area contributed by atoms with Crippen molar-refractivity contribution in [3.63, 3.8) is 0 Å². The Morgan fingerprint density at radius 3 is 2.81 bits per heavy atom. The van der Waals surface area contributed by atoms with Gasteiger partial charge in [0.25, 0.3) is 0 Å². The topological polar surface area (TPSA) is 0 Å². The Bertz CT molecular complexity index is 374. The molecule has 0 aliphatic heterocycles. The Balaban J connectivity index is 2.03. The van der Waals surface area contributed by atoms with E-state index in [0.717, 1.165) is 17.2 Å². The van der Waals surface area contributed by atoms with E-state index in [1.54, 1.807) is 17.8 Å². The van der Waals surface area contributed by atoms with Gasteiger partial charge in [0, 0.05) is 4.90 Å². The molecule has 0 heterocycles. The van der Waals surface area contributed by atoms with Crippen molar-refractivity contribution in [2.45, 2.75) is 37.0 Å². The van der Waals surface area contributed by atoms with Crippen molar-refractivity contribution in [3.05, 3.63) is 28.0 Å². The molecule has 1 saturated carbocycles. The molecule has 1 fully saturated rings. The van der Waals surface area contributed by atoms with Crippen LogP contribution in [0.4, 0.5) is 4.39 Å². The minimum atomic E-state index is -0.157. The summed E-state index contributed by atoms with van der Waals surface area (Å²) < 4.78 is 14.0. The zero-order valence-corrected chi connectivity index (χ0v) is 11.8. The van der Waals surface area contributed by atoms with Crippen LogP contribution in [-0.2, 0) is 6.42 Å². The molecule has 1 aliphatic carbocycles. The third-order valence-corrected chi connectivity index (χ3v) is 5.00. The number of benzene rings is 1. The molecule has 88 valence electrons. The summed E-state index contributed by atoms with van der Waals surface area (Å²) in [4.78, 5) is 1.07. The number of hydrogen-bond acceptors (Lipinski definition) is 1. The van der Waals surface area contributed by atoms with Crippen molar-refractivity contribution in [3.8, 4) is 0 Å². The summed E-state index contributed by atoms with van der Waals surface area (Å²) in [5, 5.41) is 0. The summed E-state index contributed by atoms with van der Waals surface area (Å²) in [7, 11) is 0. The molecule has 3 heteroatoms. The fraction of sp³-hybridized carbons (Fsp3) is 0.538. The molecule has 0 unspecified atom stereocenters. The van der Waals surface area contributed by atoms with Gasteiger partial charge in [-0.15, -0.1) is 11.8 Å². The highest BCUT2D eigenvalue weighted by atomic mass is 79.9. The lowest BCUT2D eigenvalue weighted by molar-refractivity contribution is 0.611. The quantitative estimate of drug-likeness (QED) is 0.686. The van der Waals surface area contributed by atoms with E-state index in [9.17, 15) is 4.39 Å². The minimum Gasteiger partial charge on any atom is -0.206 e. The third kappa shape index (κ3) is 3.01. The minimum absolute atomic E-state index is 0.157. The van der Waals surface area contributed by atoms with E-state index in [-0.39, 0.29) is 5.82 Å². The van der Waals surface area contributed by atoms with E-state index in [0.29, 0.717) is 4.47 Å². The second kappa shape index (κ2) is 5.54. The standard InChI is InChI=1S/C13H16BrFS/c1-16-13-10(4-2-3-9-5-6-9)7-8-11(15)12(13)14/h7-9H,2-6H2,1H3. The van der Waals surface area contributed by atoms with Gasteiger partial charge >= 0.3 is 0 Å². The summed E-state index contributed by atoms with van der Waals surface area (Å²) in [5.74, 6) is 0.830. The maximum Gasteiger partial charge on any atom is 0.138 e. The average molecular weight is 303 g/mol. The predicted octanol–water partition coefficient (Wildman–Crippen LogP) is 5.04. The second-order valence-electron chi connectivity index (χ2n) is 4.39. The number of thioether (sulfide) groups is 1. The zero-order valence-electron chi connectivity index (χ0n) is 9.43. The maximum absolute atomic E-state index is 13.3. The van der Waals surface area contributed by atoms with E-state index in [1.807, 2.05) is 12.3 Å². The fourth-order valence-corrected chi connectivity index (χ4v) is 3.56. The maximum atomic E-state index is 13.3. The lowest BCUT2D eigenvalue weighted by atomic mass is 10.1. The van der Waals surface area contributed by atoms with Gasteiger partial charge in [0.2, 0.25) is 0 Å². The molecule has 0 amide bonds. The summed E-state index contributed by atoms with van der Waals surface area (Å²) in [6.07, 6.45) is 8.49. The van der Waals surface area contributed by atoms with Crippen molar-refractivity contribution in [1.82, 2.24) is 0 Å². The fourth-order valence-electron chi connectivity index (χ4n) is 1.98. The smallest absolute Gasteiger partial charge is 0.138 e. The van der Waals surface area contributed by atoms with Crippen LogP contribution in [0.3, 0.4) is 0 Å². The van der Waals surface area contributed by atoms with Crippen molar-refractivity contribution in [2.24, 2.45) is 5.92 Å². The molecule has 16 heavy (non-hydrogen) atoms. The monoisotopic (exact) mass is 302 g/mol. The molecule has 0 atom stereocenters. The zero-order chi connectivity index (χ0) is 11.5. The SMILES string of the molecule is CSc1c(CCCC2CC2)ccc(F)c1Br. The van der Waals surface area contributed by atoms with Gasteiger partial charge in [-0.3, -0.25) is 0 Å². The van der Waals surface area contributed by atoms with Crippen molar-refractivity contribution in [1.29, 1.82) is 0 Å². The average Bonchev–Trinajstić information content (AvgIpc) is 3.08. The molecule has 1 aromatic carbocycles. The van der Waals surface area contributed by atoms with Gasteiger partial charge < -0.3 is 0 Å². The molecule has 0 radical (unpaired) electrons. The normalized spacial score (nSPS) is 15.4. The van der Waals surface area contributed by atoms with Crippen LogP contribution in [0.25, 0.3) is 0 Å². The lowest BCUT2D eigenvalue weighted by Crippen LogP contribution is -1.93. The number of hydrogen-bond donors (Lipinski definition) is 0. The molecule has 0 bridgehead atoms. The van der Waals surface area contributed by atoms with E-state index >= 15 is 0 Å². The molecular weight excluding hydrogens is 287 g/mol. The van der Waals surface area contributed by atoms with Crippen molar-refractivity contribution >= 4 is 27.7 Å². The van der Waals surface area contributed by atoms with Crippen LogP contribution in [0.2, 0.25) is 0 Å². The highest BCUT2D eigenvalue weighted by molar-refractivity contribution is 9.10. The Hall–Kier alpha value is -0.0200. The number of aryl methyl sites for hydroxylation is 1. The Morgan fingerprint density at radius 1 is 1.44 bits per heavy atom. The van der Waals surface area contributed by atoms with E-state index in [4.69, 9.17) is 0 Å². The molecular formula is C13H16BrFS. The van der Waals surface area contributed by atoms with Crippen LogP contribution in [0.15, 0.2) is 21.5 Å². The molecule has 0 saturated heterocycles. The van der Waals surface area contributed by atoms with Gasteiger partial charge in [-0.25, -0.2) is 4.39 Å². The molecule has 1 aliphatic rings. The Morgan fingerprint density at radius 2 is 2.19 bits per heavy atom. The van der Waals surface area contributed by atoms with Gasteiger partial charge in [0.05, 0.1) is 4.47 Å². The van der Waals surface area contributed by atoms with Crippen LogP contribution in [0.1, 0.15) is 31.2 Å². The summed E-state index contributed by atoms with van der Waals surface area (Å²) in [6, 6.07) is 3.50. The lowest BCUT2D eigenvalue weighted by Gasteiger charge is -2.10. The van der Waals surface area contributed by atoms with Crippen LogP contribution in [0, 0.1) is 11.7 Å². The van der Waals surface area contributed by atoms with E-state index < -0.39 is 0 Å². The van der Waals surface area contributed by atoms with E-state index in [1.165, 1.54) is 31.2 Å². The van der Waals surface area contributed by atoms with Crippen molar-refractivity contribution in [2.75, 3.05) is 6.26 Å². The first-order valence-corrected chi connectivity index (χ1v) is 7.75. The highest BCUT2D eigenvalue weighted by Gasteiger charge is 2.20. The Kier molecular flexibility index (Phi) is 4.31. The summed E-state index contributed by atoms with van der Waals surface area (Å²) in [6.45, 7) is 0. The van der Waals surface area contributed by atoms with Crippen LogP contribution in [0.5, 0.6) is 0 Å². The van der Waals surface area contributed by atoms with Gasteiger partial charge in [0.1, 0.15) is 5.82 Å². The van der Waals surface area contributed by atoms with Gasteiger partial charge in [-0.05, 0) is 52.6 Å². The van der Waals surface area contributed by atoms with Crippen LogP contribution < -0.4 is 0 Å². The molecule has 0 nitrogen and oxygen atoms in total. The molecule has 0 spiro atoms. The van der Waals surface area contributed by atoms with E-state index in [2.05, 4.69) is 15.9 Å². The molecule has 0 N–H and O–H groups in total. The molecule has 2 rings (SSSR count). The summed E-state index contributed by atoms with van der Waals surface area (Å²) >= 11 is 4.95. The predicted molar refractivity (Wildman–Crippen MR) is 71.5 cm³/mol. The van der Waals surface area contributed by atoms with Crippen LogP contribution in [-0.4, -0.2) is 6.26 Å². The highest BCUT2D eigenvalue weighted by Crippen LogP contribution is 2.36. The first kappa shape index (κ1) is 12.4. The third-order valence-electron chi connectivity index (χ3n) is 3.09. The second-order valence-corrected chi connectivity index (χ2v) is 6.00. The summed E-state index contributed by atoms with van der Waals surface area (Å²) in [5.41, 5.74) is 1.28. The largest absolute Gasteiger partial charge is 0.206 e. The molecule has 1 aromatic rings. The van der Waals surface area contributed by atoms with Crippen molar-refractivity contribution < 1.29 is 4.39 Å². The molecule has 0 aromatic heterocycles.